The van der Waals surface area contributed by atoms with Gasteiger partial charge in [0, 0.05) is 22.4 Å². The summed E-state index contributed by atoms with van der Waals surface area (Å²) in [5.41, 5.74) is 0.173. The number of nitrogens with zero attached hydrogens (tertiary/aromatic N) is 2. The molecule has 0 aliphatic carbocycles. The number of halogens is 1. The van der Waals surface area contributed by atoms with Crippen molar-refractivity contribution in [1.82, 2.24) is 14.7 Å². The second-order valence-corrected chi connectivity index (χ2v) is 7.64. The van der Waals surface area contributed by atoms with Crippen LogP contribution in [0.4, 0.5) is 0 Å². The number of rotatable bonds is 5. The first-order chi connectivity index (χ1) is 12.4. The van der Waals surface area contributed by atoms with Crippen LogP contribution in [0, 0.1) is 0 Å². The van der Waals surface area contributed by atoms with Gasteiger partial charge in [-0.05, 0) is 54.6 Å². The van der Waals surface area contributed by atoms with Crippen LogP contribution in [0.3, 0.4) is 0 Å². The van der Waals surface area contributed by atoms with Gasteiger partial charge in [0.05, 0.1) is 4.90 Å². The summed E-state index contributed by atoms with van der Waals surface area (Å²) in [5.74, 6) is -0.320. The highest BCUT2D eigenvalue weighted by Gasteiger charge is 2.18. The summed E-state index contributed by atoms with van der Waals surface area (Å²) in [6.45, 7) is 0. The van der Waals surface area contributed by atoms with Gasteiger partial charge in [0.1, 0.15) is 5.75 Å². The Balaban J connectivity index is 1.71. The van der Waals surface area contributed by atoms with E-state index in [0.29, 0.717) is 5.75 Å². The van der Waals surface area contributed by atoms with E-state index in [1.54, 1.807) is 18.2 Å². The largest absolute Gasteiger partial charge is 0.424 e. The van der Waals surface area contributed by atoms with Gasteiger partial charge >= 0.3 is 6.01 Å². The van der Waals surface area contributed by atoms with Crippen molar-refractivity contribution < 1.29 is 17.9 Å². The van der Waals surface area contributed by atoms with E-state index in [4.69, 9.17) is 4.74 Å². The normalized spacial score (nSPS) is 11.0. The molecule has 2 aromatic carbocycles. The first-order valence-corrected chi connectivity index (χ1v) is 9.59. The lowest BCUT2D eigenvalue weighted by molar-refractivity contribution is 0.0981. The second-order valence-electron chi connectivity index (χ2n) is 5.05. The van der Waals surface area contributed by atoms with Crippen molar-refractivity contribution in [3.8, 4) is 11.8 Å². The lowest BCUT2D eigenvalue weighted by Gasteiger charge is -2.08. The average molecular weight is 434 g/mol. The summed E-state index contributed by atoms with van der Waals surface area (Å²) < 4.78 is 32.7. The van der Waals surface area contributed by atoms with Crippen LogP contribution in [0.15, 0.2) is 76.4 Å². The van der Waals surface area contributed by atoms with Crippen LogP contribution in [0.1, 0.15) is 10.4 Å². The minimum Gasteiger partial charge on any atom is -0.424 e. The molecule has 9 heteroatoms. The van der Waals surface area contributed by atoms with E-state index < -0.39 is 15.9 Å². The zero-order chi connectivity index (χ0) is 18.6. The topological polar surface area (TPSA) is 98.2 Å². The molecular formula is C17H12BrN3O4S. The minimum absolute atomic E-state index is 0.00442. The number of hydrogen-bond acceptors (Lipinski definition) is 6. The second kappa shape index (κ2) is 7.63. The minimum atomic E-state index is -3.95. The standard InChI is InChI=1S/C17H12BrN3O4S/c18-13-4-8-15(9-5-13)26(23,24)21-16(22)12-2-6-14(7-3-12)25-17-19-10-1-11-20-17/h1-11H,(H,21,22). The third-order valence-electron chi connectivity index (χ3n) is 3.22. The molecule has 0 atom stereocenters. The fourth-order valence-electron chi connectivity index (χ4n) is 1.97. The zero-order valence-electron chi connectivity index (χ0n) is 13.2. The molecule has 0 spiro atoms. The molecule has 0 unspecified atom stereocenters. The Hall–Kier alpha value is -2.78. The SMILES string of the molecule is O=C(NS(=O)(=O)c1ccc(Br)cc1)c1ccc(Oc2ncccn2)cc1. The summed E-state index contributed by atoms with van der Waals surface area (Å²) in [4.78, 5) is 20.0. The van der Waals surface area contributed by atoms with E-state index in [1.807, 2.05) is 4.72 Å². The van der Waals surface area contributed by atoms with E-state index in [-0.39, 0.29) is 16.5 Å². The molecule has 26 heavy (non-hydrogen) atoms. The Morgan fingerprint density at radius 1 is 0.962 bits per heavy atom. The van der Waals surface area contributed by atoms with Crippen LogP contribution in [0.25, 0.3) is 0 Å². The summed E-state index contributed by atoms with van der Waals surface area (Å²) in [6, 6.07) is 13.7. The average Bonchev–Trinajstić information content (AvgIpc) is 2.63. The maximum atomic E-state index is 12.2. The van der Waals surface area contributed by atoms with Crippen molar-refractivity contribution in [2.75, 3.05) is 0 Å². The first kappa shape index (κ1) is 18.0. The molecule has 0 bridgehead atoms. The summed E-state index contributed by atoms with van der Waals surface area (Å²) in [7, 11) is -3.95. The fourth-order valence-corrected chi connectivity index (χ4v) is 3.21. The van der Waals surface area contributed by atoms with Gasteiger partial charge in [-0.15, -0.1) is 0 Å². The van der Waals surface area contributed by atoms with Gasteiger partial charge in [-0.1, -0.05) is 15.9 Å². The molecule has 0 radical (unpaired) electrons. The Kier molecular flexibility index (Phi) is 5.29. The third kappa shape index (κ3) is 4.44. The molecule has 0 aliphatic heterocycles. The predicted octanol–water partition coefficient (Wildman–Crippen LogP) is 3.15. The van der Waals surface area contributed by atoms with Gasteiger partial charge in [-0.2, -0.15) is 0 Å². The van der Waals surface area contributed by atoms with E-state index in [0.717, 1.165) is 4.47 Å². The predicted molar refractivity (Wildman–Crippen MR) is 97.3 cm³/mol. The maximum absolute atomic E-state index is 12.2. The Morgan fingerprint density at radius 2 is 1.58 bits per heavy atom. The molecule has 3 rings (SSSR count). The number of hydrogen-bond donors (Lipinski definition) is 1. The van der Waals surface area contributed by atoms with Crippen LogP contribution in [0.2, 0.25) is 0 Å². The number of benzene rings is 2. The highest BCUT2D eigenvalue weighted by atomic mass is 79.9. The van der Waals surface area contributed by atoms with Gasteiger partial charge in [0.25, 0.3) is 15.9 Å². The summed E-state index contributed by atoms with van der Waals surface area (Å²) in [6.07, 6.45) is 3.08. The number of sulfonamides is 1. The van der Waals surface area contributed by atoms with Gasteiger partial charge in [-0.3, -0.25) is 4.79 Å². The molecule has 3 aromatic rings. The number of amides is 1. The third-order valence-corrected chi connectivity index (χ3v) is 5.09. The first-order valence-electron chi connectivity index (χ1n) is 7.32. The van der Waals surface area contributed by atoms with Crippen molar-refractivity contribution in [1.29, 1.82) is 0 Å². The van der Waals surface area contributed by atoms with Gasteiger partial charge in [-0.25, -0.2) is 23.1 Å². The van der Waals surface area contributed by atoms with Crippen molar-refractivity contribution >= 4 is 31.9 Å². The van der Waals surface area contributed by atoms with Crippen LogP contribution < -0.4 is 9.46 Å². The number of ether oxygens (including phenoxy) is 1. The molecule has 0 saturated carbocycles. The van der Waals surface area contributed by atoms with Crippen LogP contribution >= 0.6 is 15.9 Å². The van der Waals surface area contributed by atoms with E-state index in [2.05, 4.69) is 25.9 Å². The molecule has 1 heterocycles. The monoisotopic (exact) mass is 433 g/mol. The zero-order valence-corrected chi connectivity index (χ0v) is 15.6. The van der Waals surface area contributed by atoms with Crippen molar-refractivity contribution in [2.45, 2.75) is 4.90 Å². The summed E-state index contributed by atoms with van der Waals surface area (Å²) >= 11 is 3.23. The van der Waals surface area contributed by atoms with Crippen LogP contribution in [-0.4, -0.2) is 24.3 Å². The van der Waals surface area contributed by atoms with Gasteiger partial charge in [0.15, 0.2) is 0 Å². The van der Waals surface area contributed by atoms with E-state index in [1.165, 1.54) is 48.8 Å². The Bertz CT molecular complexity index is 1010. The highest BCUT2D eigenvalue weighted by Crippen LogP contribution is 2.18. The smallest absolute Gasteiger partial charge is 0.321 e. The molecule has 0 saturated heterocycles. The molecule has 7 nitrogen and oxygen atoms in total. The van der Waals surface area contributed by atoms with Crippen molar-refractivity contribution in [3.63, 3.8) is 0 Å². The van der Waals surface area contributed by atoms with Gasteiger partial charge in [0.2, 0.25) is 0 Å². The molecular weight excluding hydrogens is 422 g/mol. The quantitative estimate of drug-likeness (QED) is 0.663. The molecule has 0 aliphatic rings. The van der Waals surface area contributed by atoms with E-state index in [9.17, 15) is 13.2 Å². The summed E-state index contributed by atoms with van der Waals surface area (Å²) in [5, 5.41) is 0. The highest BCUT2D eigenvalue weighted by molar-refractivity contribution is 9.10. The number of aromatic nitrogens is 2. The van der Waals surface area contributed by atoms with Crippen molar-refractivity contribution in [3.05, 3.63) is 77.0 Å². The Labute approximate surface area is 158 Å². The number of carbonyl (C=O) groups is 1. The molecule has 1 aromatic heterocycles. The number of carbonyl (C=O) groups excluding carboxylic acids is 1. The van der Waals surface area contributed by atoms with Crippen molar-refractivity contribution in [2.24, 2.45) is 0 Å². The van der Waals surface area contributed by atoms with Crippen LogP contribution in [-0.2, 0) is 10.0 Å². The lowest BCUT2D eigenvalue weighted by atomic mass is 10.2. The molecule has 132 valence electrons. The fraction of sp³-hybridized carbons (Fsp3) is 0. The molecule has 1 N–H and O–H groups in total. The van der Waals surface area contributed by atoms with E-state index >= 15 is 0 Å². The van der Waals surface area contributed by atoms with Crippen LogP contribution in [0.5, 0.6) is 11.8 Å². The molecule has 0 fully saturated rings. The number of nitrogens with one attached hydrogen (secondary N) is 1. The lowest BCUT2D eigenvalue weighted by Crippen LogP contribution is -2.30. The van der Waals surface area contributed by atoms with Gasteiger partial charge < -0.3 is 4.74 Å². The Morgan fingerprint density at radius 3 is 2.19 bits per heavy atom. The molecule has 1 amide bonds. The maximum Gasteiger partial charge on any atom is 0.321 e.